The van der Waals surface area contributed by atoms with Crippen LogP contribution in [-0.4, -0.2) is 82.9 Å². The first-order chi connectivity index (χ1) is 28.3. The zero-order valence-corrected chi connectivity index (χ0v) is 37.4. The molecule has 1 aliphatic rings. The van der Waals surface area contributed by atoms with Gasteiger partial charge >= 0.3 is 19.8 Å². The van der Waals surface area contributed by atoms with E-state index in [4.69, 9.17) is 28.7 Å². The molecule has 13 nitrogen and oxygen atoms in total. The SMILES string of the molecule is CCCCCc1oc(CCCCCCCCCCC(=O)O[C@H](COC(=O)C/C=C\C[C@H]2[C@@H](/C=C/[C@H](O)CCCCC)[C@H](O)C[C@@H]2O)COP(=O)(O)OCCN)c(C)c1C. The van der Waals surface area contributed by atoms with Gasteiger partial charge < -0.3 is 39.8 Å². The van der Waals surface area contributed by atoms with Gasteiger partial charge in [-0.15, -0.1) is 0 Å². The van der Waals surface area contributed by atoms with Crippen LogP contribution in [0.1, 0.15) is 158 Å². The molecule has 0 bridgehead atoms. The van der Waals surface area contributed by atoms with Crippen LogP contribution in [-0.2, 0) is 45.5 Å². The third-order valence-electron chi connectivity index (χ3n) is 11.1. The lowest BCUT2D eigenvalue weighted by Crippen LogP contribution is -2.29. The van der Waals surface area contributed by atoms with E-state index in [1.54, 1.807) is 24.3 Å². The number of nitrogens with two attached hydrogens (primary N) is 1. The van der Waals surface area contributed by atoms with Crippen molar-refractivity contribution in [2.24, 2.45) is 17.6 Å². The highest BCUT2D eigenvalue weighted by atomic mass is 31.2. The number of furan rings is 1. The fourth-order valence-electron chi connectivity index (χ4n) is 7.43. The van der Waals surface area contributed by atoms with Gasteiger partial charge in [-0.25, -0.2) is 4.57 Å². The molecule has 6 N–H and O–H groups in total. The van der Waals surface area contributed by atoms with Crippen LogP contribution in [0.3, 0.4) is 0 Å². The summed E-state index contributed by atoms with van der Waals surface area (Å²) in [7, 11) is -4.47. The van der Waals surface area contributed by atoms with Crippen molar-refractivity contribution in [1.29, 1.82) is 0 Å². The molecule has 1 aromatic heterocycles. The number of carbonyl (C=O) groups excluding carboxylic acids is 2. The highest BCUT2D eigenvalue weighted by Gasteiger charge is 2.39. The van der Waals surface area contributed by atoms with Gasteiger partial charge in [0, 0.05) is 38.1 Å². The number of rotatable bonds is 34. The number of phosphoric acid groups is 1. The van der Waals surface area contributed by atoms with Crippen LogP contribution in [0, 0.1) is 25.7 Å². The standard InChI is InChI=1S/C45H78NO12P/c1-5-7-15-21-36(47)27-28-39-38(40(48)31-41(39)49)22-19-20-25-44(50)54-32-37(33-56-59(52,53)55-30-29-46)57-45(51)26-18-14-12-10-9-11-13-17-24-43-35(4)34(3)42(58-43)23-16-8-6-2/h19-20,27-28,36-41,47-49H,5-18,21-26,29-33,46H2,1-4H3,(H,52,53)/b20-19-,28-27+/t36-,37-,38+,39-,40+,41-/m1/s1. The molecule has 340 valence electrons. The number of allylic oxidation sites excluding steroid dienone is 1. The van der Waals surface area contributed by atoms with Gasteiger partial charge in [-0.2, -0.15) is 0 Å². The maximum atomic E-state index is 12.7. The molecular formula is C45H78NO12P. The number of hydrogen-bond donors (Lipinski definition) is 5. The maximum absolute atomic E-state index is 12.7. The van der Waals surface area contributed by atoms with E-state index in [-0.39, 0.29) is 44.2 Å². The van der Waals surface area contributed by atoms with Crippen LogP contribution in [0.5, 0.6) is 0 Å². The largest absolute Gasteiger partial charge is 0.472 e. The summed E-state index contributed by atoms with van der Waals surface area (Å²) in [6.45, 7) is 7.52. The summed E-state index contributed by atoms with van der Waals surface area (Å²) in [6, 6.07) is 0. The lowest BCUT2D eigenvalue weighted by atomic mass is 9.89. The van der Waals surface area contributed by atoms with E-state index in [0.29, 0.717) is 19.3 Å². The number of aliphatic hydroxyl groups is 3. The molecule has 1 aliphatic carbocycles. The molecule has 0 saturated heterocycles. The quantitative estimate of drug-likeness (QED) is 0.0191. The molecule has 0 aromatic carbocycles. The van der Waals surface area contributed by atoms with E-state index in [1.165, 1.54) is 30.4 Å². The van der Waals surface area contributed by atoms with Crippen LogP contribution >= 0.6 is 7.82 Å². The second-order valence-electron chi connectivity index (χ2n) is 16.1. The number of aliphatic hydroxyl groups excluding tert-OH is 3. The van der Waals surface area contributed by atoms with Crippen LogP contribution in [0.2, 0.25) is 0 Å². The molecule has 1 heterocycles. The Hall–Kier alpha value is -2.35. The Morgan fingerprint density at radius 3 is 2.08 bits per heavy atom. The molecule has 14 heteroatoms. The predicted molar refractivity (Wildman–Crippen MR) is 230 cm³/mol. The van der Waals surface area contributed by atoms with Crippen molar-refractivity contribution in [2.45, 2.75) is 187 Å². The summed E-state index contributed by atoms with van der Waals surface area (Å²) in [5.74, 6) is 0.534. The molecule has 1 unspecified atom stereocenters. The molecule has 1 saturated carbocycles. The first kappa shape index (κ1) is 52.8. The van der Waals surface area contributed by atoms with Crippen molar-refractivity contribution in [1.82, 2.24) is 0 Å². The minimum atomic E-state index is -4.47. The number of aryl methyl sites for hydroxylation is 2. The summed E-state index contributed by atoms with van der Waals surface area (Å²) in [6.07, 6.45) is 21.7. The molecule has 0 spiro atoms. The summed E-state index contributed by atoms with van der Waals surface area (Å²) in [5.41, 5.74) is 7.96. The lowest BCUT2D eigenvalue weighted by Gasteiger charge is -2.20. The first-order valence-corrected chi connectivity index (χ1v) is 23.9. The predicted octanol–water partition coefficient (Wildman–Crippen LogP) is 8.42. The van der Waals surface area contributed by atoms with Crippen LogP contribution in [0.25, 0.3) is 0 Å². The summed E-state index contributed by atoms with van der Waals surface area (Å²) >= 11 is 0. The number of esters is 2. The van der Waals surface area contributed by atoms with Gasteiger partial charge in [-0.1, -0.05) is 109 Å². The van der Waals surface area contributed by atoms with Crippen molar-refractivity contribution < 1.29 is 57.3 Å². The van der Waals surface area contributed by atoms with Crippen molar-refractivity contribution in [3.8, 4) is 0 Å². The monoisotopic (exact) mass is 856 g/mol. The van der Waals surface area contributed by atoms with Crippen LogP contribution in [0.4, 0.5) is 0 Å². The fourth-order valence-corrected chi connectivity index (χ4v) is 8.20. The van der Waals surface area contributed by atoms with Crippen molar-refractivity contribution in [3.05, 3.63) is 47.0 Å². The Morgan fingerprint density at radius 2 is 1.44 bits per heavy atom. The zero-order chi connectivity index (χ0) is 43.5. The number of ether oxygens (including phenoxy) is 2. The van der Waals surface area contributed by atoms with Gasteiger partial charge in [-0.3, -0.25) is 18.6 Å². The van der Waals surface area contributed by atoms with Crippen molar-refractivity contribution >= 4 is 19.8 Å². The van der Waals surface area contributed by atoms with E-state index < -0.39 is 57.4 Å². The molecular weight excluding hydrogens is 777 g/mol. The van der Waals surface area contributed by atoms with Crippen LogP contribution in [0.15, 0.2) is 28.7 Å². The third kappa shape index (κ3) is 22.4. The Bertz CT molecular complexity index is 1410. The van der Waals surface area contributed by atoms with Gasteiger partial charge in [0.15, 0.2) is 6.10 Å². The average molecular weight is 856 g/mol. The first-order valence-electron chi connectivity index (χ1n) is 22.4. The molecule has 0 radical (unpaired) electrons. The fraction of sp³-hybridized carbons (Fsp3) is 0.778. The average Bonchev–Trinajstić information content (AvgIpc) is 3.63. The second-order valence-corrected chi connectivity index (χ2v) is 17.6. The van der Waals surface area contributed by atoms with Gasteiger partial charge in [0.1, 0.15) is 18.1 Å². The van der Waals surface area contributed by atoms with E-state index in [2.05, 4.69) is 27.7 Å². The minimum Gasteiger partial charge on any atom is -0.466 e. The second kappa shape index (κ2) is 30.6. The molecule has 7 atom stereocenters. The Labute approximate surface area is 354 Å². The molecule has 0 aliphatic heterocycles. The molecule has 1 aromatic rings. The number of phosphoric ester groups is 1. The summed E-state index contributed by atoms with van der Waals surface area (Å²) < 4.78 is 39.0. The van der Waals surface area contributed by atoms with Gasteiger partial charge in [0.25, 0.3) is 0 Å². The minimum absolute atomic E-state index is 0.00258. The molecule has 1 fully saturated rings. The van der Waals surface area contributed by atoms with Crippen molar-refractivity contribution in [3.63, 3.8) is 0 Å². The van der Waals surface area contributed by atoms with Crippen molar-refractivity contribution in [2.75, 3.05) is 26.4 Å². The number of carbonyl (C=O) groups is 2. The van der Waals surface area contributed by atoms with E-state index in [0.717, 1.165) is 88.6 Å². The van der Waals surface area contributed by atoms with Gasteiger partial charge in [-0.05, 0) is 63.0 Å². The molecule has 0 amide bonds. The number of unbranched alkanes of at least 4 members (excludes halogenated alkanes) is 11. The summed E-state index contributed by atoms with van der Waals surface area (Å²) in [5, 5.41) is 31.3. The highest BCUT2D eigenvalue weighted by molar-refractivity contribution is 7.47. The summed E-state index contributed by atoms with van der Waals surface area (Å²) in [4.78, 5) is 35.2. The Morgan fingerprint density at radius 1 is 0.831 bits per heavy atom. The molecule has 59 heavy (non-hydrogen) atoms. The van der Waals surface area contributed by atoms with Gasteiger partial charge in [0.05, 0.1) is 37.9 Å². The van der Waals surface area contributed by atoms with Crippen LogP contribution < -0.4 is 5.73 Å². The topological polar surface area (TPSA) is 208 Å². The van der Waals surface area contributed by atoms with E-state index in [9.17, 15) is 34.4 Å². The maximum Gasteiger partial charge on any atom is 0.472 e. The number of hydrogen-bond acceptors (Lipinski definition) is 12. The Balaban J connectivity index is 1.73. The van der Waals surface area contributed by atoms with E-state index in [1.807, 2.05) is 0 Å². The van der Waals surface area contributed by atoms with E-state index >= 15 is 0 Å². The smallest absolute Gasteiger partial charge is 0.466 e. The third-order valence-corrected chi connectivity index (χ3v) is 12.1. The zero-order valence-electron chi connectivity index (χ0n) is 36.5. The highest BCUT2D eigenvalue weighted by Crippen LogP contribution is 2.43. The normalized spacial score (nSPS) is 20.4. The lowest BCUT2D eigenvalue weighted by molar-refractivity contribution is -0.160. The van der Waals surface area contributed by atoms with Gasteiger partial charge in [0.2, 0.25) is 0 Å². The Kier molecular flexibility index (Phi) is 27.4. The molecule has 2 rings (SSSR count).